The quantitative estimate of drug-likeness (QED) is 0.148. The van der Waals surface area contributed by atoms with E-state index in [4.69, 9.17) is 0 Å². The van der Waals surface area contributed by atoms with Gasteiger partial charge in [-0.15, -0.1) is 0 Å². The van der Waals surface area contributed by atoms with E-state index in [0.717, 1.165) is 43.2 Å². The summed E-state index contributed by atoms with van der Waals surface area (Å²) in [5, 5.41) is 0. The predicted octanol–water partition coefficient (Wildman–Crippen LogP) is 9.85. The first-order valence-electron chi connectivity index (χ1n) is 13.8. The minimum atomic E-state index is -4.76. The van der Waals surface area contributed by atoms with Crippen LogP contribution in [0, 0.1) is 40.8 Å². The van der Waals surface area contributed by atoms with Crippen molar-refractivity contribution < 1.29 is 39.9 Å². The number of benzene rings is 3. The van der Waals surface area contributed by atoms with Crippen molar-refractivity contribution in [3.8, 4) is 28.3 Å². The van der Waals surface area contributed by atoms with Crippen LogP contribution in [-0.4, -0.2) is 9.97 Å². The largest absolute Gasteiger partial charge is 0.432 e. The molecule has 0 unspecified atom stereocenters. The first-order chi connectivity index (χ1) is 20.5. The summed E-state index contributed by atoms with van der Waals surface area (Å²) in [6.07, 6.45) is 5.53. The Labute approximate surface area is 242 Å². The van der Waals surface area contributed by atoms with Gasteiger partial charge >= 0.3 is 6.11 Å². The zero-order valence-corrected chi connectivity index (χ0v) is 22.9. The lowest BCUT2D eigenvalue weighted by Gasteiger charge is -2.28. The third kappa shape index (κ3) is 6.50. The topological polar surface area (TPSA) is 35.0 Å². The van der Waals surface area contributed by atoms with Crippen molar-refractivity contribution in [1.82, 2.24) is 9.97 Å². The molecular formula is C32H26F8N2O. The minimum absolute atomic E-state index is 0.100. The highest BCUT2D eigenvalue weighted by molar-refractivity contribution is 5.69. The van der Waals surface area contributed by atoms with Crippen molar-refractivity contribution in [2.24, 2.45) is 5.92 Å². The second-order valence-corrected chi connectivity index (χ2v) is 10.7. The molecule has 0 bridgehead atoms. The van der Waals surface area contributed by atoms with Gasteiger partial charge in [-0.05, 0) is 66.8 Å². The van der Waals surface area contributed by atoms with Crippen LogP contribution < -0.4 is 4.74 Å². The maximum atomic E-state index is 15.1. The fourth-order valence-corrected chi connectivity index (χ4v) is 5.58. The molecule has 226 valence electrons. The molecule has 1 aliphatic carbocycles. The van der Waals surface area contributed by atoms with E-state index in [0.29, 0.717) is 23.6 Å². The molecule has 3 nitrogen and oxygen atoms in total. The molecule has 0 spiro atoms. The van der Waals surface area contributed by atoms with E-state index in [1.54, 1.807) is 12.4 Å². The van der Waals surface area contributed by atoms with Gasteiger partial charge in [0, 0.05) is 35.7 Å². The van der Waals surface area contributed by atoms with Crippen LogP contribution in [0.4, 0.5) is 35.1 Å². The number of halogens is 8. The number of ether oxygens (including phenoxy) is 1. The molecule has 1 aromatic heterocycles. The Bertz CT molecular complexity index is 1570. The molecule has 3 aromatic carbocycles. The fourth-order valence-electron chi connectivity index (χ4n) is 5.58. The first-order valence-corrected chi connectivity index (χ1v) is 13.8. The zero-order valence-electron chi connectivity index (χ0n) is 22.9. The van der Waals surface area contributed by atoms with Crippen molar-refractivity contribution in [2.75, 3.05) is 0 Å². The summed E-state index contributed by atoms with van der Waals surface area (Å²) < 4.78 is 118. The zero-order chi connectivity index (χ0) is 30.9. The van der Waals surface area contributed by atoms with Gasteiger partial charge in [0.05, 0.1) is 0 Å². The summed E-state index contributed by atoms with van der Waals surface area (Å²) in [5.41, 5.74) is -1.26. The third-order valence-corrected chi connectivity index (χ3v) is 7.76. The number of rotatable bonds is 8. The summed E-state index contributed by atoms with van der Waals surface area (Å²) in [4.78, 5) is 8.75. The van der Waals surface area contributed by atoms with Crippen molar-refractivity contribution in [3.05, 3.63) is 101 Å². The summed E-state index contributed by atoms with van der Waals surface area (Å²) in [6, 6.07) is 4.86. The van der Waals surface area contributed by atoms with Gasteiger partial charge in [-0.25, -0.2) is 36.3 Å². The Balaban J connectivity index is 1.34. The molecule has 4 aromatic rings. The highest BCUT2D eigenvalue weighted by Crippen LogP contribution is 2.39. The number of hydrogen-bond acceptors (Lipinski definition) is 3. The van der Waals surface area contributed by atoms with E-state index in [-0.39, 0.29) is 23.5 Å². The Kier molecular flexibility index (Phi) is 8.71. The van der Waals surface area contributed by atoms with Gasteiger partial charge in [-0.1, -0.05) is 31.9 Å². The molecule has 5 rings (SSSR count). The number of alkyl halides is 2. The average molecular weight is 607 g/mol. The standard InChI is InChI=1S/C32H26F8N2O/c1-2-3-17-4-6-18(7-5-17)21-15-41-31(42-16-21)19-8-9-23(24(33)10-19)20-11-25(34)29(26(35)12-20)32(39,40)43-22-13-27(36)30(38)28(37)14-22/h8-18H,2-7H2,1H3. The molecule has 0 radical (unpaired) electrons. The van der Waals surface area contributed by atoms with Crippen molar-refractivity contribution >= 4 is 0 Å². The maximum absolute atomic E-state index is 15.1. The number of hydrogen-bond donors (Lipinski definition) is 0. The normalized spacial score (nSPS) is 17.2. The molecule has 0 atom stereocenters. The first kappa shape index (κ1) is 30.4. The van der Waals surface area contributed by atoms with Gasteiger partial charge in [-0.2, -0.15) is 8.78 Å². The Morgan fingerprint density at radius 3 is 1.88 bits per heavy atom. The van der Waals surface area contributed by atoms with Gasteiger partial charge in [0.15, 0.2) is 23.3 Å². The van der Waals surface area contributed by atoms with E-state index >= 15 is 4.39 Å². The van der Waals surface area contributed by atoms with Crippen LogP contribution in [-0.2, 0) is 6.11 Å². The number of aromatic nitrogens is 2. The SMILES string of the molecule is CCCC1CCC(c2cnc(-c3ccc(-c4cc(F)c(C(F)(F)Oc5cc(F)c(F)c(F)c5)c(F)c4)c(F)c3)nc2)CC1. The third-order valence-electron chi connectivity index (χ3n) is 7.76. The molecule has 0 amide bonds. The predicted molar refractivity (Wildman–Crippen MR) is 143 cm³/mol. The van der Waals surface area contributed by atoms with Crippen LogP contribution in [0.15, 0.2) is 54.9 Å². The van der Waals surface area contributed by atoms with E-state index in [2.05, 4.69) is 21.6 Å². The van der Waals surface area contributed by atoms with E-state index in [1.165, 1.54) is 25.0 Å². The second kappa shape index (κ2) is 12.3. The van der Waals surface area contributed by atoms with Crippen LogP contribution in [0.3, 0.4) is 0 Å². The second-order valence-electron chi connectivity index (χ2n) is 10.7. The summed E-state index contributed by atoms with van der Waals surface area (Å²) in [5.74, 6) is -10.00. The smallest absolute Gasteiger partial charge is 0.429 e. The van der Waals surface area contributed by atoms with Crippen LogP contribution in [0.2, 0.25) is 0 Å². The van der Waals surface area contributed by atoms with Crippen molar-refractivity contribution in [2.45, 2.75) is 57.5 Å². The average Bonchev–Trinajstić information content (AvgIpc) is 2.95. The van der Waals surface area contributed by atoms with E-state index in [9.17, 15) is 30.7 Å². The summed E-state index contributed by atoms with van der Waals surface area (Å²) >= 11 is 0. The van der Waals surface area contributed by atoms with Crippen LogP contribution in [0.25, 0.3) is 22.5 Å². The highest BCUT2D eigenvalue weighted by Gasteiger charge is 2.41. The Hall–Kier alpha value is -4.02. The number of nitrogens with zero attached hydrogens (tertiary/aromatic N) is 2. The monoisotopic (exact) mass is 606 g/mol. The lowest BCUT2D eigenvalue weighted by Crippen LogP contribution is -2.25. The van der Waals surface area contributed by atoms with Crippen molar-refractivity contribution in [3.63, 3.8) is 0 Å². The molecule has 0 N–H and O–H groups in total. The molecule has 1 fully saturated rings. The molecule has 11 heteroatoms. The van der Waals surface area contributed by atoms with Gasteiger partial charge in [0.1, 0.15) is 28.8 Å². The molecule has 1 heterocycles. The molecule has 0 aliphatic heterocycles. The Morgan fingerprint density at radius 2 is 1.33 bits per heavy atom. The van der Waals surface area contributed by atoms with Gasteiger partial charge in [0.25, 0.3) is 0 Å². The lowest BCUT2D eigenvalue weighted by molar-refractivity contribution is -0.189. The molecule has 43 heavy (non-hydrogen) atoms. The molecule has 1 aliphatic rings. The highest BCUT2D eigenvalue weighted by atomic mass is 19.3. The van der Waals surface area contributed by atoms with Gasteiger partial charge < -0.3 is 4.74 Å². The van der Waals surface area contributed by atoms with Crippen molar-refractivity contribution in [1.29, 1.82) is 0 Å². The van der Waals surface area contributed by atoms with E-state index in [1.807, 2.05) is 0 Å². The van der Waals surface area contributed by atoms with Crippen LogP contribution >= 0.6 is 0 Å². The maximum Gasteiger partial charge on any atom is 0.432 e. The lowest BCUT2D eigenvalue weighted by atomic mass is 9.78. The van der Waals surface area contributed by atoms with Gasteiger partial charge in [-0.3, -0.25) is 0 Å². The van der Waals surface area contributed by atoms with Crippen LogP contribution in [0.5, 0.6) is 5.75 Å². The van der Waals surface area contributed by atoms with E-state index < -0.39 is 57.9 Å². The molecular weight excluding hydrogens is 580 g/mol. The molecule has 0 saturated heterocycles. The van der Waals surface area contributed by atoms with Gasteiger partial charge in [0.2, 0.25) is 0 Å². The summed E-state index contributed by atoms with van der Waals surface area (Å²) in [7, 11) is 0. The summed E-state index contributed by atoms with van der Waals surface area (Å²) in [6.45, 7) is 2.19. The Morgan fingerprint density at radius 1 is 0.744 bits per heavy atom. The van der Waals surface area contributed by atoms with Crippen LogP contribution in [0.1, 0.15) is 62.5 Å². The minimum Gasteiger partial charge on any atom is -0.429 e. The molecule has 1 saturated carbocycles. The fraction of sp³-hybridized carbons (Fsp3) is 0.312.